The molecule has 2 N–H and O–H groups in total. The van der Waals surface area contributed by atoms with Gasteiger partial charge < -0.3 is 10.6 Å². The molecule has 0 aromatic heterocycles. The molecule has 3 heteroatoms. The van der Waals surface area contributed by atoms with Crippen LogP contribution in [0.4, 0.5) is 0 Å². The lowest BCUT2D eigenvalue weighted by Crippen LogP contribution is -2.49. The maximum Gasteiger partial charge on any atom is 0.222 e. The minimum absolute atomic E-state index is 0.279. The molecule has 0 bridgehead atoms. The first-order chi connectivity index (χ1) is 8.73. The number of nitrogens with zero attached hydrogens (tertiary/aromatic N) is 1. The largest absolute Gasteiger partial charge is 0.342 e. The maximum atomic E-state index is 12.3. The number of hydrogen-bond donors (Lipinski definition) is 1. The van der Waals surface area contributed by atoms with E-state index in [0.29, 0.717) is 29.6 Å². The van der Waals surface area contributed by atoms with Crippen molar-refractivity contribution in [2.45, 2.75) is 66.3 Å². The summed E-state index contributed by atoms with van der Waals surface area (Å²) in [6.45, 7) is 12.8. The Balaban J connectivity index is 2.45. The molecule has 1 saturated heterocycles. The van der Waals surface area contributed by atoms with Gasteiger partial charge in [0.15, 0.2) is 0 Å². The van der Waals surface area contributed by atoms with Crippen LogP contribution in [0.1, 0.15) is 60.3 Å². The molecule has 19 heavy (non-hydrogen) atoms. The van der Waals surface area contributed by atoms with Gasteiger partial charge in [0.2, 0.25) is 5.91 Å². The molecular weight excluding hydrogens is 236 g/mol. The van der Waals surface area contributed by atoms with E-state index in [-0.39, 0.29) is 6.04 Å². The van der Waals surface area contributed by atoms with Gasteiger partial charge in [-0.25, -0.2) is 0 Å². The molecule has 0 aliphatic carbocycles. The maximum absolute atomic E-state index is 12.3. The van der Waals surface area contributed by atoms with Crippen LogP contribution in [-0.4, -0.2) is 29.9 Å². The van der Waals surface area contributed by atoms with Gasteiger partial charge in [-0.3, -0.25) is 4.79 Å². The van der Waals surface area contributed by atoms with Crippen LogP contribution in [0.15, 0.2) is 0 Å². The van der Waals surface area contributed by atoms with Gasteiger partial charge in [-0.2, -0.15) is 0 Å². The number of carbonyl (C=O) groups excluding carboxylic acids is 1. The Morgan fingerprint density at radius 1 is 1.42 bits per heavy atom. The normalized spacial score (nSPS) is 26.3. The topological polar surface area (TPSA) is 46.3 Å². The molecule has 0 spiro atoms. The fourth-order valence-electron chi connectivity index (χ4n) is 3.25. The Kier molecular flexibility index (Phi) is 5.84. The smallest absolute Gasteiger partial charge is 0.222 e. The van der Waals surface area contributed by atoms with E-state index in [9.17, 15) is 4.79 Å². The van der Waals surface area contributed by atoms with Crippen LogP contribution in [0.25, 0.3) is 0 Å². The Labute approximate surface area is 118 Å². The number of likely N-dealkylation sites (tertiary alicyclic amines) is 1. The third kappa shape index (κ3) is 5.52. The molecule has 1 fully saturated rings. The number of carbonyl (C=O) groups is 1. The van der Waals surface area contributed by atoms with Crippen LogP contribution in [-0.2, 0) is 4.79 Å². The van der Waals surface area contributed by atoms with Gasteiger partial charge in [0.05, 0.1) is 0 Å². The van der Waals surface area contributed by atoms with Gasteiger partial charge in [0, 0.05) is 25.6 Å². The first-order valence-electron chi connectivity index (χ1n) is 7.76. The molecule has 3 atom stereocenters. The fraction of sp³-hybridized carbons (Fsp3) is 0.938. The third-order valence-corrected chi connectivity index (χ3v) is 4.15. The van der Waals surface area contributed by atoms with E-state index < -0.39 is 0 Å². The molecule has 3 nitrogen and oxygen atoms in total. The van der Waals surface area contributed by atoms with E-state index in [1.807, 2.05) is 4.90 Å². The molecule has 3 unspecified atom stereocenters. The summed E-state index contributed by atoms with van der Waals surface area (Å²) >= 11 is 0. The molecule has 0 saturated carbocycles. The molecular formula is C16H32N2O. The van der Waals surface area contributed by atoms with E-state index in [1.165, 1.54) is 0 Å². The number of amides is 1. The predicted molar refractivity (Wildman–Crippen MR) is 80.8 cm³/mol. The van der Waals surface area contributed by atoms with Crippen molar-refractivity contribution < 1.29 is 4.79 Å². The van der Waals surface area contributed by atoms with E-state index >= 15 is 0 Å². The second-order valence-electron chi connectivity index (χ2n) is 7.53. The molecule has 1 heterocycles. The van der Waals surface area contributed by atoms with Crippen molar-refractivity contribution in [1.29, 1.82) is 0 Å². The van der Waals surface area contributed by atoms with Crippen molar-refractivity contribution in [3.05, 3.63) is 0 Å². The summed E-state index contributed by atoms with van der Waals surface area (Å²) in [6.07, 6.45) is 3.81. The van der Waals surface area contributed by atoms with Gasteiger partial charge in [0.1, 0.15) is 0 Å². The average molecular weight is 268 g/mol. The van der Waals surface area contributed by atoms with E-state index in [2.05, 4.69) is 34.6 Å². The molecule has 1 amide bonds. The number of piperidine rings is 1. The van der Waals surface area contributed by atoms with E-state index in [4.69, 9.17) is 5.73 Å². The zero-order valence-electron chi connectivity index (χ0n) is 13.4. The molecule has 1 rings (SSSR count). The van der Waals surface area contributed by atoms with Crippen LogP contribution in [0, 0.1) is 17.3 Å². The molecule has 1 aliphatic rings. The highest BCUT2D eigenvalue weighted by Crippen LogP contribution is 2.27. The lowest BCUT2D eigenvalue weighted by Gasteiger charge is -2.37. The lowest BCUT2D eigenvalue weighted by atomic mass is 9.83. The highest BCUT2D eigenvalue weighted by Gasteiger charge is 2.29. The fourth-order valence-corrected chi connectivity index (χ4v) is 3.25. The van der Waals surface area contributed by atoms with Gasteiger partial charge in [-0.05, 0) is 30.1 Å². The Morgan fingerprint density at radius 3 is 2.58 bits per heavy atom. The summed E-state index contributed by atoms with van der Waals surface area (Å²) in [7, 11) is 0. The SMILES string of the molecule is CCC1CN(C(=O)CC(C)CC(C)(C)C)CCC1N. The number of hydrogen-bond acceptors (Lipinski definition) is 2. The first-order valence-corrected chi connectivity index (χ1v) is 7.76. The molecule has 0 radical (unpaired) electrons. The molecule has 1 aliphatic heterocycles. The first kappa shape index (κ1) is 16.5. The van der Waals surface area contributed by atoms with Crippen LogP contribution < -0.4 is 5.73 Å². The summed E-state index contributed by atoms with van der Waals surface area (Å²) in [4.78, 5) is 14.4. The van der Waals surface area contributed by atoms with Crippen molar-refractivity contribution in [3.63, 3.8) is 0 Å². The minimum Gasteiger partial charge on any atom is -0.342 e. The van der Waals surface area contributed by atoms with Crippen molar-refractivity contribution in [3.8, 4) is 0 Å². The summed E-state index contributed by atoms with van der Waals surface area (Å²) in [5.41, 5.74) is 6.40. The van der Waals surface area contributed by atoms with E-state index in [1.54, 1.807) is 0 Å². The molecule has 0 aromatic carbocycles. The molecule has 112 valence electrons. The van der Waals surface area contributed by atoms with Gasteiger partial charge >= 0.3 is 0 Å². The standard InChI is InChI=1S/C16H32N2O/c1-6-13-11-18(8-7-14(13)17)15(19)9-12(2)10-16(3,4)5/h12-14H,6-11,17H2,1-5H3. The van der Waals surface area contributed by atoms with Crippen molar-refractivity contribution >= 4 is 5.91 Å². The van der Waals surface area contributed by atoms with Crippen molar-refractivity contribution in [1.82, 2.24) is 4.90 Å². The van der Waals surface area contributed by atoms with Crippen LogP contribution in [0.3, 0.4) is 0 Å². The van der Waals surface area contributed by atoms with E-state index in [0.717, 1.165) is 32.4 Å². The minimum atomic E-state index is 0.279. The highest BCUT2D eigenvalue weighted by molar-refractivity contribution is 5.76. The Bertz CT molecular complexity index is 296. The van der Waals surface area contributed by atoms with Crippen LogP contribution >= 0.6 is 0 Å². The van der Waals surface area contributed by atoms with Crippen LogP contribution in [0.5, 0.6) is 0 Å². The van der Waals surface area contributed by atoms with Crippen molar-refractivity contribution in [2.24, 2.45) is 23.0 Å². The third-order valence-electron chi connectivity index (χ3n) is 4.15. The van der Waals surface area contributed by atoms with Gasteiger partial charge in [0.25, 0.3) is 0 Å². The van der Waals surface area contributed by atoms with Gasteiger partial charge in [-0.15, -0.1) is 0 Å². The Hall–Kier alpha value is -0.570. The quantitative estimate of drug-likeness (QED) is 0.852. The van der Waals surface area contributed by atoms with Crippen molar-refractivity contribution in [2.75, 3.05) is 13.1 Å². The average Bonchev–Trinajstić information content (AvgIpc) is 2.26. The zero-order chi connectivity index (χ0) is 14.6. The summed E-state index contributed by atoms with van der Waals surface area (Å²) < 4.78 is 0. The summed E-state index contributed by atoms with van der Waals surface area (Å²) in [6, 6.07) is 0.279. The zero-order valence-corrected chi connectivity index (χ0v) is 13.4. The Morgan fingerprint density at radius 2 is 2.05 bits per heavy atom. The molecule has 0 aromatic rings. The van der Waals surface area contributed by atoms with Crippen LogP contribution in [0.2, 0.25) is 0 Å². The number of nitrogens with two attached hydrogens (primary N) is 1. The lowest BCUT2D eigenvalue weighted by molar-refractivity contribution is -0.134. The summed E-state index contributed by atoms with van der Waals surface area (Å²) in [5.74, 6) is 1.26. The second-order valence-corrected chi connectivity index (χ2v) is 7.53. The summed E-state index contributed by atoms with van der Waals surface area (Å²) in [5, 5.41) is 0. The highest BCUT2D eigenvalue weighted by atomic mass is 16.2. The van der Waals surface area contributed by atoms with Gasteiger partial charge in [-0.1, -0.05) is 41.0 Å². The monoisotopic (exact) mass is 268 g/mol. The number of rotatable bonds is 4. The second kappa shape index (κ2) is 6.74. The predicted octanol–water partition coefficient (Wildman–Crippen LogP) is 3.03.